The fourth-order valence-electron chi connectivity index (χ4n) is 5.66. The first-order chi connectivity index (χ1) is 19.3. The Bertz CT molecular complexity index is 1670. The summed E-state index contributed by atoms with van der Waals surface area (Å²) in [6, 6.07) is 39.4. The normalized spacial score (nSPS) is 16.6. The molecule has 0 N–H and O–H groups in total. The first kappa shape index (κ1) is 25.3. The number of anilines is 3. The van der Waals surface area contributed by atoms with E-state index in [0.717, 1.165) is 27.6 Å². The van der Waals surface area contributed by atoms with Crippen molar-refractivity contribution in [1.82, 2.24) is 0 Å². The lowest BCUT2D eigenvalue weighted by Gasteiger charge is -2.32. The van der Waals surface area contributed by atoms with Crippen molar-refractivity contribution in [2.24, 2.45) is 0 Å². The minimum Gasteiger partial charge on any atom is -0.399 e. The predicted molar refractivity (Wildman–Crippen MR) is 168 cm³/mol. The fraction of sp³-hybridized carbons (Fsp3) is 0.200. The number of nitrogens with zero attached hydrogens (tertiary/aromatic N) is 1. The lowest BCUT2D eigenvalue weighted by molar-refractivity contribution is 0.00578. The molecule has 0 bridgehead atoms. The summed E-state index contributed by atoms with van der Waals surface area (Å²) in [4.78, 5) is 2.36. The summed E-state index contributed by atoms with van der Waals surface area (Å²) in [6.07, 6.45) is 0.962. The Balaban J connectivity index is 1.28. The highest BCUT2D eigenvalue weighted by atomic mass is 32.1. The van der Waals surface area contributed by atoms with Gasteiger partial charge in [-0.25, -0.2) is 0 Å². The third-order valence-electron chi connectivity index (χ3n) is 8.59. The third-order valence-corrected chi connectivity index (χ3v) is 9.68. The summed E-state index contributed by atoms with van der Waals surface area (Å²) in [5, 5.41) is 1.13. The highest BCUT2D eigenvalue weighted by Gasteiger charge is 2.52. The van der Waals surface area contributed by atoms with Crippen molar-refractivity contribution in [3.63, 3.8) is 0 Å². The van der Waals surface area contributed by atoms with E-state index in [-0.39, 0.29) is 18.3 Å². The summed E-state index contributed by atoms with van der Waals surface area (Å²) in [6.45, 7) is 8.41. The molecular weight excluding hydrogens is 509 g/mol. The Hall–Kier alpha value is -3.64. The van der Waals surface area contributed by atoms with Crippen molar-refractivity contribution < 1.29 is 9.31 Å². The molecular formula is C35H32BNO2S. The number of thiophene rings is 1. The van der Waals surface area contributed by atoms with Crippen LogP contribution in [0.4, 0.5) is 16.4 Å². The SMILES string of the molecule is CC1(C)OB(c2ccc(N(c3ccc(-c4ccccc4)cc3)c3ccc4c(c3)Cc3ccccc3-4)s2)OC1(C)C. The van der Waals surface area contributed by atoms with Crippen molar-refractivity contribution in [3.05, 3.63) is 120 Å². The van der Waals surface area contributed by atoms with Crippen LogP contribution in [0.1, 0.15) is 38.8 Å². The van der Waals surface area contributed by atoms with Crippen LogP contribution in [-0.2, 0) is 15.7 Å². The van der Waals surface area contributed by atoms with Gasteiger partial charge in [-0.15, -0.1) is 11.3 Å². The van der Waals surface area contributed by atoms with E-state index in [9.17, 15) is 0 Å². The summed E-state index contributed by atoms with van der Waals surface area (Å²) >= 11 is 1.73. The van der Waals surface area contributed by atoms with Gasteiger partial charge in [-0.2, -0.15) is 0 Å². The van der Waals surface area contributed by atoms with Crippen molar-refractivity contribution >= 4 is 39.6 Å². The average molecular weight is 542 g/mol. The lowest BCUT2D eigenvalue weighted by atomic mass is 9.88. The van der Waals surface area contributed by atoms with Crippen molar-refractivity contribution in [1.29, 1.82) is 0 Å². The Morgan fingerprint density at radius 3 is 2.00 bits per heavy atom. The van der Waals surface area contributed by atoms with Gasteiger partial charge in [-0.05, 0) is 104 Å². The molecule has 7 rings (SSSR count). The maximum atomic E-state index is 6.39. The zero-order chi connectivity index (χ0) is 27.5. The summed E-state index contributed by atoms with van der Waals surface area (Å²) in [5.41, 5.74) is 9.41. The molecule has 2 heterocycles. The molecule has 1 aromatic heterocycles. The molecule has 3 nitrogen and oxygen atoms in total. The predicted octanol–water partition coefficient (Wildman–Crippen LogP) is 8.76. The van der Waals surface area contributed by atoms with Gasteiger partial charge in [0.1, 0.15) is 0 Å². The monoisotopic (exact) mass is 541 g/mol. The molecule has 0 amide bonds. The zero-order valence-electron chi connectivity index (χ0n) is 23.3. The molecule has 1 aliphatic carbocycles. The van der Waals surface area contributed by atoms with Crippen molar-refractivity contribution in [2.45, 2.75) is 45.3 Å². The molecule has 1 aliphatic heterocycles. The lowest BCUT2D eigenvalue weighted by Crippen LogP contribution is -2.41. The minimum atomic E-state index is -0.374. The second kappa shape index (κ2) is 9.48. The van der Waals surface area contributed by atoms with Crippen LogP contribution in [0.5, 0.6) is 0 Å². The van der Waals surface area contributed by atoms with Crippen molar-refractivity contribution in [3.8, 4) is 22.3 Å². The van der Waals surface area contributed by atoms with Crippen LogP contribution < -0.4 is 9.68 Å². The maximum absolute atomic E-state index is 6.39. The third kappa shape index (κ3) is 4.30. The molecule has 5 aromatic rings. The van der Waals surface area contributed by atoms with E-state index in [0.29, 0.717) is 0 Å². The van der Waals surface area contributed by atoms with Crippen LogP contribution in [0.25, 0.3) is 22.3 Å². The van der Waals surface area contributed by atoms with E-state index >= 15 is 0 Å². The quantitative estimate of drug-likeness (QED) is 0.204. The van der Waals surface area contributed by atoms with E-state index in [1.54, 1.807) is 11.3 Å². The molecule has 5 heteroatoms. The largest absolute Gasteiger partial charge is 0.505 e. The van der Waals surface area contributed by atoms with E-state index in [1.165, 1.54) is 33.4 Å². The Labute approximate surface area is 241 Å². The topological polar surface area (TPSA) is 21.7 Å². The average Bonchev–Trinajstić information content (AvgIpc) is 3.63. The Morgan fingerprint density at radius 2 is 1.25 bits per heavy atom. The molecule has 0 saturated carbocycles. The van der Waals surface area contributed by atoms with Crippen LogP contribution in [0.15, 0.2) is 109 Å². The summed E-state index contributed by atoms with van der Waals surface area (Å²) in [5.74, 6) is 0. The van der Waals surface area contributed by atoms with Crippen LogP contribution in [-0.4, -0.2) is 18.3 Å². The Kier molecular flexibility index (Phi) is 6.01. The van der Waals surface area contributed by atoms with Crippen LogP contribution in [0.2, 0.25) is 0 Å². The first-order valence-electron chi connectivity index (χ1n) is 13.9. The van der Waals surface area contributed by atoms with Gasteiger partial charge in [0.05, 0.1) is 16.2 Å². The molecule has 0 unspecified atom stereocenters. The van der Waals surface area contributed by atoms with E-state index < -0.39 is 0 Å². The fourth-order valence-corrected chi connectivity index (χ4v) is 6.66. The summed E-state index contributed by atoms with van der Waals surface area (Å²) < 4.78 is 13.8. The minimum absolute atomic E-state index is 0.371. The van der Waals surface area contributed by atoms with Gasteiger partial charge in [0.15, 0.2) is 0 Å². The van der Waals surface area contributed by atoms with Crippen molar-refractivity contribution in [2.75, 3.05) is 4.90 Å². The van der Waals surface area contributed by atoms with Gasteiger partial charge in [0, 0.05) is 16.2 Å². The Morgan fingerprint density at radius 1 is 0.625 bits per heavy atom. The van der Waals surface area contributed by atoms with Gasteiger partial charge < -0.3 is 14.2 Å². The van der Waals surface area contributed by atoms with Gasteiger partial charge in [-0.1, -0.05) is 72.8 Å². The molecule has 0 atom stereocenters. The van der Waals surface area contributed by atoms with Crippen LogP contribution >= 0.6 is 11.3 Å². The molecule has 0 radical (unpaired) electrons. The first-order valence-corrected chi connectivity index (χ1v) is 14.7. The molecule has 0 spiro atoms. The zero-order valence-corrected chi connectivity index (χ0v) is 24.2. The van der Waals surface area contributed by atoms with Gasteiger partial charge in [-0.3, -0.25) is 0 Å². The standard InChI is InChI=1S/C35H32BNO2S/c1-34(2)35(3,4)39-36(38-34)32-20-21-33(40-32)37(28-16-14-25(15-17-28)24-10-6-5-7-11-24)29-18-19-31-27(23-29)22-26-12-8-9-13-30(26)31/h5-21,23H,22H2,1-4H3. The molecule has 2 aliphatic rings. The molecule has 4 aromatic carbocycles. The smallest absolute Gasteiger partial charge is 0.399 e. The number of rotatable bonds is 5. The second-order valence-corrected chi connectivity index (χ2v) is 12.8. The van der Waals surface area contributed by atoms with Crippen LogP contribution in [0, 0.1) is 0 Å². The number of hydrogen-bond acceptors (Lipinski definition) is 4. The molecule has 40 heavy (non-hydrogen) atoms. The summed E-state index contributed by atoms with van der Waals surface area (Å²) in [7, 11) is -0.374. The maximum Gasteiger partial charge on any atom is 0.505 e. The van der Waals surface area contributed by atoms with Gasteiger partial charge in [0.25, 0.3) is 0 Å². The highest BCUT2D eigenvalue weighted by molar-refractivity contribution is 7.25. The molecule has 198 valence electrons. The number of hydrogen-bond donors (Lipinski definition) is 0. The number of benzene rings is 4. The molecule has 1 saturated heterocycles. The number of fused-ring (bicyclic) bond motifs is 3. The second-order valence-electron chi connectivity index (χ2n) is 11.7. The molecule has 1 fully saturated rings. The van der Waals surface area contributed by atoms with E-state index in [1.807, 2.05) is 0 Å². The van der Waals surface area contributed by atoms with E-state index in [2.05, 4.69) is 142 Å². The van der Waals surface area contributed by atoms with E-state index in [4.69, 9.17) is 9.31 Å². The van der Waals surface area contributed by atoms with Gasteiger partial charge in [0.2, 0.25) is 0 Å². The van der Waals surface area contributed by atoms with Gasteiger partial charge >= 0.3 is 7.12 Å². The highest BCUT2D eigenvalue weighted by Crippen LogP contribution is 2.44. The van der Waals surface area contributed by atoms with Crippen LogP contribution in [0.3, 0.4) is 0 Å².